The van der Waals surface area contributed by atoms with Crippen LogP contribution in [0.1, 0.15) is 6.42 Å². The van der Waals surface area contributed by atoms with E-state index in [9.17, 15) is 4.79 Å². The number of esters is 1. The molecule has 0 fully saturated rings. The smallest absolute Gasteiger partial charge is 0.307 e. The summed E-state index contributed by atoms with van der Waals surface area (Å²) in [5.41, 5.74) is 5.28. The number of carbonyl (C=O) groups is 1. The number of hydrogen-bond donors (Lipinski definition) is 1. The lowest BCUT2D eigenvalue weighted by Crippen LogP contribution is -2.15. The van der Waals surface area contributed by atoms with Gasteiger partial charge in [0.15, 0.2) is 0 Å². The summed E-state index contributed by atoms with van der Waals surface area (Å²) in [7, 11) is 1.35. The molecule has 0 spiro atoms. The van der Waals surface area contributed by atoms with Crippen molar-refractivity contribution in [1.29, 1.82) is 0 Å². The molecule has 0 bridgehead atoms. The maximum absolute atomic E-state index is 10.8. The lowest BCUT2D eigenvalue weighted by Gasteiger charge is -2.07. The fourth-order valence-corrected chi connectivity index (χ4v) is 1.32. The van der Waals surface area contributed by atoms with Gasteiger partial charge in [0, 0.05) is 6.54 Å². The molecule has 2 N–H and O–H groups in total. The van der Waals surface area contributed by atoms with Gasteiger partial charge in [-0.25, -0.2) is 0 Å². The summed E-state index contributed by atoms with van der Waals surface area (Å²) < 4.78 is 30.8. The SMILES string of the molecule is COC(=O)CCOCCOCCOCCOCCOCCN. The number of methoxy groups -OCH3 is 1. The molecular weight excluding hydrogens is 294 g/mol. The molecule has 0 heterocycles. The summed E-state index contributed by atoms with van der Waals surface area (Å²) in [6, 6.07) is 0. The summed E-state index contributed by atoms with van der Waals surface area (Å²) in [4.78, 5) is 10.8. The highest BCUT2D eigenvalue weighted by molar-refractivity contribution is 5.69. The van der Waals surface area contributed by atoms with Crippen LogP contribution >= 0.6 is 0 Å². The van der Waals surface area contributed by atoms with Crippen LogP contribution in [0.25, 0.3) is 0 Å². The number of nitrogens with two attached hydrogens (primary N) is 1. The average molecular weight is 323 g/mol. The molecule has 0 saturated heterocycles. The largest absolute Gasteiger partial charge is 0.469 e. The molecule has 0 aromatic heterocycles. The van der Waals surface area contributed by atoms with Crippen LogP contribution in [0.4, 0.5) is 0 Å². The van der Waals surface area contributed by atoms with E-state index in [1.165, 1.54) is 7.11 Å². The highest BCUT2D eigenvalue weighted by atomic mass is 16.6. The quantitative estimate of drug-likeness (QED) is 0.285. The van der Waals surface area contributed by atoms with Crippen LogP contribution in [0.5, 0.6) is 0 Å². The van der Waals surface area contributed by atoms with Crippen LogP contribution in [0.15, 0.2) is 0 Å². The maximum atomic E-state index is 10.8. The molecule has 0 aromatic carbocycles. The third-order valence-electron chi connectivity index (χ3n) is 2.43. The Balaban J connectivity index is 2.98. The van der Waals surface area contributed by atoms with Crippen molar-refractivity contribution in [3.63, 3.8) is 0 Å². The molecule has 0 aliphatic heterocycles. The molecule has 132 valence electrons. The van der Waals surface area contributed by atoms with Crippen molar-refractivity contribution in [2.45, 2.75) is 6.42 Å². The molecule has 0 unspecified atom stereocenters. The predicted molar refractivity (Wildman–Crippen MR) is 79.8 cm³/mol. The molecule has 0 rings (SSSR count). The standard InChI is InChI=1S/C14H29NO7/c1-17-14(16)2-4-18-6-8-20-10-12-22-13-11-21-9-7-19-5-3-15/h2-13,15H2,1H3. The van der Waals surface area contributed by atoms with E-state index in [1.807, 2.05) is 0 Å². The predicted octanol–water partition coefficient (Wildman–Crippen LogP) is -0.409. The molecule has 0 saturated carbocycles. The number of ether oxygens (including phenoxy) is 6. The Morgan fingerprint density at radius 3 is 1.41 bits per heavy atom. The Morgan fingerprint density at radius 1 is 0.682 bits per heavy atom. The van der Waals surface area contributed by atoms with Crippen LogP contribution in [-0.2, 0) is 33.2 Å². The topological polar surface area (TPSA) is 98.5 Å². The minimum absolute atomic E-state index is 0.261. The lowest BCUT2D eigenvalue weighted by atomic mass is 10.5. The van der Waals surface area contributed by atoms with Crippen LogP contribution in [-0.4, -0.2) is 85.7 Å². The number of rotatable bonds is 17. The van der Waals surface area contributed by atoms with E-state index in [2.05, 4.69) is 4.74 Å². The van der Waals surface area contributed by atoms with Gasteiger partial charge in [0.05, 0.1) is 79.6 Å². The third kappa shape index (κ3) is 17.3. The van der Waals surface area contributed by atoms with Crippen molar-refractivity contribution in [2.24, 2.45) is 5.73 Å². The van der Waals surface area contributed by atoms with E-state index >= 15 is 0 Å². The fraction of sp³-hybridized carbons (Fsp3) is 0.929. The van der Waals surface area contributed by atoms with Crippen LogP contribution < -0.4 is 5.73 Å². The van der Waals surface area contributed by atoms with E-state index in [0.29, 0.717) is 72.6 Å². The summed E-state index contributed by atoms with van der Waals surface area (Å²) >= 11 is 0. The summed E-state index contributed by atoms with van der Waals surface area (Å²) in [6.07, 6.45) is 0.261. The van der Waals surface area contributed by atoms with E-state index in [4.69, 9.17) is 29.4 Å². The Morgan fingerprint density at radius 2 is 1.05 bits per heavy atom. The normalized spacial score (nSPS) is 10.8. The van der Waals surface area contributed by atoms with Gasteiger partial charge >= 0.3 is 5.97 Å². The van der Waals surface area contributed by atoms with Gasteiger partial charge < -0.3 is 34.2 Å². The van der Waals surface area contributed by atoms with Crippen molar-refractivity contribution in [3.05, 3.63) is 0 Å². The molecule has 0 amide bonds. The van der Waals surface area contributed by atoms with Crippen molar-refractivity contribution >= 4 is 5.97 Å². The van der Waals surface area contributed by atoms with Gasteiger partial charge in [-0.05, 0) is 0 Å². The third-order valence-corrected chi connectivity index (χ3v) is 2.43. The number of carbonyl (C=O) groups excluding carboxylic acids is 1. The second kappa shape index (κ2) is 18.3. The van der Waals surface area contributed by atoms with Crippen LogP contribution in [0.3, 0.4) is 0 Å². The molecule has 0 radical (unpaired) electrons. The first-order valence-corrected chi connectivity index (χ1v) is 7.47. The van der Waals surface area contributed by atoms with Gasteiger partial charge in [-0.1, -0.05) is 0 Å². The second-order valence-corrected chi connectivity index (χ2v) is 4.18. The van der Waals surface area contributed by atoms with E-state index in [1.54, 1.807) is 0 Å². The van der Waals surface area contributed by atoms with Gasteiger partial charge in [-0.3, -0.25) is 4.79 Å². The first-order valence-electron chi connectivity index (χ1n) is 7.47. The van der Waals surface area contributed by atoms with Gasteiger partial charge in [0.25, 0.3) is 0 Å². The minimum atomic E-state index is -0.275. The Labute approximate surface area is 132 Å². The van der Waals surface area contributed by atoms with Gasteiger partial charge in [-0.2, -0.15) is 0 Å². The Kier molecular flexibility index (Phi) is 17.6. The average Bonchev–Trinajstić information content (AvgIpc) is 2.54. The van der Waals surface area contributed by atoms with Crippen LogP contribution in [0, 0.1) is 0 Å². The first kappa shape index (κ1) is 21.2. The highest BCUT2D eigenvalue weighted by Gasteiger charge is 1.99. The Bertz CT molecular complexity index is 241. The molecule has 8 heteroatoms. The van der Waals surface area contributed by atoms with E-state index < -0.39 is 0 Å². The van der Waals surface area contributed by atoms with Crippen LogP contribution in [0.2, 0.25) is 0 Å². The molecule has 22 heavy (non-hydrogen) atoms. The highest BCUT2D eigenvalue weighted by Crippen LogP contribution is 1.87. The summed E-state index contributed by atoms with van der Waals surface area (Å²) in [5.74, 6) is -0.275. The van der Waals surface area contributed by atoms with E-state index in [-0.39, 0.29) is 12.4 Å². The molecule has 0 aromatic rings. The second-order valence-electron chi connectivity index (χ2n) is 4.18. The molecule has 8 nitrogen and oxygen atoms in total. The van der Waals surface area contributed by atoms with Crippen molar-refractivity contribution < 1.29 is 33.2 Å². The summed E-state index contributed by atoms with van der Waals surface area (Å²) in [6.45, 7) is 5.51. The molecule has 0 atom stereocenters. The van der Waals surface area contributed by atoms with Crippen molar-refractivity contribution in [3.8, 4) is 0 Å². The first-order chi connectivity index (χ1) is 10.8. The molecule has 0 aliphatic carbocycles. The molecular formula is C14H29NO7. The Hall–Kier alpha value is -0.770. The zero-order valence-corrected chi connectivity index (χ0v) is 13.4. The van der Waals surface area contributed by atoms with Gasteiger partial charge in [-0.15, -0.1) is 0 Å². The maximum Gasteiger partial charge on any atom is 0.307 e. The zero-order valence-electron chi connectivity index (χ0n) is 13.4. The van der Waals surface area contributed by atoms with Crippen molar-refractivity contribution in [2.75, 3.05) is 79.7 Å². The summed E-state index contributed by atoms with van der Waals surface area (Å²) in [5, 5.41) is 0. The van der Waals surface area contributed by atoms with Crippen molar-refractivity contribution in [1.82, 2.24) is 0 Å². The minimum Gasteiger partial charge on any atom is -0.469 e. The molecule has 0 aliphatic rings. The lowest BCUT2D eigenvalue weighted by molar-refractivity contribution is -0.141. The van der Waals surface area contributed by atoms with Gasteiger partial charge in [0.1, 0.15) is 0 Å². The zero-order chi connectivity index (χ0) is 16.3. The van der Waals surface area contributed by atoms with Gasteiger partial charge in [0.2, 0.25) is 0 Å². The van der Waals surface area contributed by atoms with E-state index in [0.717, 1.165) is 0 Å². The number of hydrogen-bond acceptors (Lipinski definition) is 8. The fourth-order valence-electron chi connectivity index (χ4n) is 1.32. The monoisotopic (exact) mass is 323 g/mol.